The highest BCUT2D eigenvalue weighted by Gasteiger charge is 2.63. The zero-order valence-electron chi connectivity index (χ0n) is 28.5. The van der Waals surface area contributed by atoms with E-state index in [9.17, 15) is 24.9 Å². The average molecular weight is 665 g/mol. The normalized spacial score (nSPS) is 43.5. The highest BCUT2D eigenvalue weighted by atomic mass is 16.6. The molecule has 0 amide bonds. The molecule has 4 heterocycles. The first-order valence-corrected chi connectivity index (χ1v) is 18.1. The van der Waals surface area contributed by atoms with E-state index >= 15 is 0 Å². The van der Waals surface area contributed by atoms with Gasteiger partial charge in [-0.1, -0.05) is 6.08 Å². The van der Waals surface area contributed by atoms with Gasteiger partial charge in [-0.05, 0) is 109 Å². The number of allylic oxidation sites excluding steroid dienone is 1. The Balaban J connectivity index is 1.53. The minimum atomic E-state index is -1.06. The van der Waals surface area contributed by atoms with Crippen molar-refractivity contribution in [1.82, 2.24) is 10.6 Å². The number of carbonyl (C=O) groups is 2. The van der Waals surface area contributed by atoms with Crippen LogP contribution in [0.3, 0.4) is 0 Å². The standard InChI is InChI=1S/C35H60N4O8/c1-4-19(2)34(44)46-26-16-24-31(43)30-25(42)15-22(18-41)45-33(30)29(23(6-5-13-40)21-10-12-38-28(37)14-21)32(24)47-35(26,3)11-9-20-7-8-27(36)39-17-20/h4,20-24,26-33,38-41,43H,5-18,36-37H2,1-3H3/t20?,21?,22?,23?,24?,26-,27?,28?,29?,30?,31?,32?,33?,35-/m0/s1. The van der Waals surface area contributed by atoms with Crippen LogP contribution < -0.4 is 22.1 Å². The number of piperidine rings is 2. The highest BCUT2D eigenvalue weighted by molar-refractivity contribution is 5.87. The molecule has 9 N–H and O–H groups in total. The Morgan fingerprint density at radius 2 is 1.94 bits per heavy atom. The van der Waals surface area contributed by atoms with E-state index in [4.69, 9.17) is 25.7 Å². The Morgan fingerprint density at radius 1 is 1.15 bits per heavy atom. The van der Waals surface area contributed by atoms with E-state index in [1.54, 1.807) is 19.9 Å². The lowest BCUT2D eigenvalue weighted by atomic mass is 9.57. The number of ketones is 1. The number of nitrogens with two attached hydrogens (primary N) is 2. The largest absolute Gasteiger partial charge is 0.456 e. The van der Waals surface area contributed by atoms with Gasteiger partial charge < -0.3 is 51.6 Å². The first-order chi connectivity index (χ1) is 22.5. The van der Waals surface area contributed by atoms with Gasteiger partial charge in [0.2, 0.25) is 0 Å². The molecule has 0 aromatic heterocycles. The zero-order chi connectivity index (χ0) is 33.9. The lowest BCUT2D eigenvalue weighted by Crippen LogP contribution is -2.69. The van der Waals surface area contributed by atoms with E-state index < -0.39 is 53.9 Å². The van der Waals surface area contributed by atoms with Crippen molar-refractivity contribution < 1.29 is 39.1 Å². The maximum Gasteiger partial charge on any atom is 0.333 e. The summed E-state index contributed by atoms with van der Waals surface area (Å²) < 4.78 is 20.0. The smallest absolute Gasteiger partial charge is 0.333 e. The molecule has 1 saturated carbocycles. The van der Waals surface area contributed by atoms with Crippen molar-refractivity contribution in [2.75, 3.05) is 26.3 Å². The SMILES string of the molecule is CC=C(C)C(=O)O[C@H]1CC2C(O)C3C(=O)CC(CO)OC3C(C(CCCO)C3CCNC(N)C3)C2O[C@@]1(C)CCC1CCC(N)NC1. The predicted octanol–water partition coefficient (Wildman–Crippen LogP) is 1.09. The summed E-state index contributed by atoms with van der Waals surface area (Å²) in [6.07, 6.45) is 4.73. The van der Waals surface area contributed by atoms with Crippen LogP contribution in [-0.2, 0) is 23.8 Å². The summed E-state index contributed by atoms with van der Waals surface area (Å²) in [5.74, 6) is -1.50. The fourth-order valence-corrected chi connectivity index (χ4v) is 9.31. The van der Waals surface area contributed by atoms with Gasteiger partial charge in [0.15, 0.2) is 0 Å². The summed E-state index contributed by atoms with van der Waals surface area (Å²) in [5.41, 5.74) is 12.2. The van der Waals surface area contributed by atoms with Gasteiger partial charge in [0, 0.05) is 30.4 Å². The summed E-state index contributed by atoms with van der Waals surface area (Å²) >= 11 is 0. The third-order valence-electron chi connectivity index (χ3n) is 12.1. The molecule has 5 fully saturated rings. The molecule has 268 valence electrons. The molecule has 5 aliphatic rings. The molecule has 14 atom stereocenters. The molecule has 0 bridgehead atoms. The van der Waals surface area contributed by atoms with Crippen molar-refractivity contribution >= 4 is 11.8 Å². The lowest BCUT2D eigenvalue weighted by molar-refractivity contribution is -0.293. The third-order valence-corrected chi connectivity index (χ3v) is 12.1. The maximum atomic E-state index is 13.7. The predicted molar refractivity (Wildman–Crippen MR) is 176 cm³/mol. The monoisotopic (exact) mass is 664 g/mol. The Hall–Kier alpha value is -1.48. The quantitative estimate of drug-likeness (QED) is 0.123. The lowest BCUT2D eigenvalue weighted by Gasteiger charge is -2.60. The van der Waals surface area contributed by atoms with E-state index in [2.05, 4.69) is 10.6 Å². The van der Waals surface area contributed by atoms with Crippen LogP contribution in [0.5, 0.6) is 0 Å². The van der Waals surface area contributed by atoms with E-state index in [1.807, 2.05) is 6.92 Å². The molecule has 0 aromatic carbocycles. The van der Waals surface area contributed by atoms with Crippen molar-refractivity contribution in [2.45, 2.75) is 133 Å². The van der Waals surface area contributed by atoms with Crippen LogP contribution in [0.2, 0.25) is 0 Å². The van der Waals surface area contributed by atoms with Gasteiger partial charge in [-0.25, -0.2) is 4.79 Å². The van der Waals surface area contributed by atoms with E-state index in [0.29, 0.717) is 37.2 Å². The van der Waals surface area contributed by atoms with Crippen molar-refractivity contribution in [2.24, 2.45) is 47.0 Å². The molecule has 12 nitrogen and oxygen atoms in total. The number of fused-ring (bicyclic) bond motifs is 2. The number of rotatable bonds is 11. The van der Waals surface area contributed by atoms with Crippen LogP contribution >= 0.6 is 0 Å². The molecule has 0 spiro atoms. The molecule has 4 saturated heterocycles. The van der Waals surface area contributed by atoms with Gasteiger partial charge in [0.05, 0.1) is 49.3 Å². The van der Waals surface area contributed by atoms with Gasteiger partial charge >= 0.3 is 5.97 Å². The topological polar surface area (TPSA) is 199 Å². The minimum Gasteiger partial charge on any atom is -0.456 e. The maximum absolute atomic E-state index is 13.7. The van der Waals surface area contributed by atoms with Crippen molar-refractivity contribution in [3.05, 3.63) is 11.6 Å². The fraction of sp³-hybridized carbons (Fsp3) is 0.886. The number of carbonyl (C=O) groups excluding carboxylic acids is 2. The first-order valence-electron chi connectivity index (χ1n) is 18.1. The molecular weight excluding hydrogens is 604 g/mol. The molecule has 12 heteroatoms. The molecule has 1 aliphatic carbocycles. The third kappa shape index (κ3) is 8.13. The van der Waals surface area contributed by atoms with Crippen LogP contribution in [0.4, 0.5) is 0 Å². The molecule has 12 unspecified atom stereocenters. The number of ether oxygens (including phenoxy) is 3. The molecule has 0 radical (unpaired) electrons. The zero-order valence-corrected chi connectivity index (χ0v) is 28.5. The Morgan fingerprint density at radius 3 is 2.60 bits per heavy atom. The second-order valence-corrected chi connectivity index (χ2v) is 15.2. The number of hydrogen-bond acceptors (Lipinski definition) is 12. The summed E-state index contributed by atoms with van der Waals surface area (Å²) in [7, 11) is 0. The van der Waals surface area contributed by atoms with E-state index in [1.165, 1.54) is 0 Å². The Bertz CT molecular complexity index is 1100. The average Bonchev–Trinajstić information content (AvgIpc) is 3.05. The highest BCUT2D eigenvalue weighted by Crippen LogP contribution is 2.54. The fourth-order valence-electron chi connectivity index (χ4n) is 9.31. The number of aliphatic hydroxyl groups excluding tert-OH is 3. The summed E-state index contributed by atoms with van der Waals surface area (Å²) in [6, 6.07) is 0. The van der Waals surface area contributed by atoms with Crippen molar-refractivity contribution in [1.29, 1.82) is 0 Å². The minimum absolute atomic E-state index is 0.00313. The van der Waals surface area contributed by atoms with Crippen LogP contribution in [-0.4, -0.2) is 102 Å². The second kappa shape index (κ2) is 16.0. The van der Waals surface area contributed by atoms with Crippen LogP contribution in [0.25, 0.3) is 0 Å². The number of Topliss-reactive ketones (excluding diaryl/α,β-unsaturated/α-hetero) is 1. The number of aliphatic hydroxyl groups is 3. The van der Waals surface area contributed by atoms with Crippen molar-refractivity contribution in [3.8, 4) is 0 Å². The van der Waals surface area contributed by atoms with Gasteiger partial charge in [-0.2, -0.15) is 0 Å². The van der Waals surface area contributed by atoms with Crippen LogP contribution in [0.1, 0.15) is 85.0 Å². The van der Waals surface area contributed by atoms with Crippen LogP contribution in [0, 0.1) is 35.5 Å². The van der Waals surface area contributed by atoms with E-state index in [0.717, 1.165) is 45.2 Å². The number of hydrogen-bond donors (Lipinski definition) is 7. The first kappa shape index (κ1) is 36.8. The van der Waals surface area contributed by atoms with Gasteiger partial charge in [0.25, 0.3) is 0 Å². The molecule has 4 aliphatic heterocycles. The summed E-state index contributed by atoms with van der Waals surface area (Å²) in [4.78, 5) is 27.0. The summed E-state index contributed by atoms with van der Waals surface area (Å²) in [5, 5.41) is 38.8. The van der Waals surface area contributed by atoms with Gasteiger partial charge in [-0.15, -0.1) is 0 Å². The summed E-state index contributed by atoms with van der Waals surface area (Å²) in [6.45, 7) is 6.87. The Kier molecular flexibility index (Phi) is 12.6. The van der Waals surface area contributed by atoms with Gasteiger partial charge in [-0.3, -0.25) is 4.79 Å². The number of esters is 1. The van der Waals surface area contributed by atoms with Crippen molar-refractivity contribution in [3.63, 3.8) is 0 Å². The Labute approximate surface area is 279 Å². The van der Waals surface area contributed by atoms with Crippen LogP contribution in [0.15, 0.2) is 11.6 Å². The second-order valence-electron chi connectivity index (χ2n) is 15.2. The molecular formula is C35H60N4O8. The molecule has 0 aromatic rings. The molecule has 5 rings (SSSR count). The van der Waals surface area contributed by atoms with E-state index in [-0.39, 0.29) is 55.5 Å². The number of nitrogens with one attached hydrogen (secondary N) is 2. The molecule has 47 heavy (non-hydrogen) atoms. The van der Waals surface area contributed by atoms with Gasteiger partial charge in [0.1, 0.15) is 17.5 Å².